The number of carbonyl (C=O) groups excluding carboxylic acids is 2. The molecule has 6 nitrogen and oxygen atoms in total. The standard InChI is InChI=1S/C20H17ClN4O2/c1-12-7-8-14(9-16(12)21)23-18(26)10-17-20(27)24-19-15(11-22-25(17)19)13-5-3-2-4-6-13/h2-9,11,17H,10H2,1H3,(H,23,26)(H,24,27). The van der Waals surface area contributed by atoms with E-state index in [4.69, 9.17) is 11.6 Å². The number of halogens is 1. The van der Waals surface area contributed by atoms with Gasteiger partial charge in [-0.3, -0.25) is 9.59 Å². The molecular weight excluding hydrogens is 364 g/mol. The quantitative estimate of drug-likeness (QED) is 0.717. The number of rotatable bonds is 4. The van der Waals surface area contributed by atoms with Crippen LogP contribution in [0.1, 0.15) is 18.0 Å². The van der Waals surface area contributed by atoms with Crippen LogP contribution < -0.4 is 10.6 Å². The SMILES string of the molecule is Cc1ccc(NC(=O)CC2C(=O)Nc3c(-c4ccccc4)cnn32)cc1Cl. The van der Waals surface area contributed by atoms with Gasteiger partial charge in [0.15, 0.2) is 0 Å². The maximum absolute atomic E-state index is 12.4. The van der Waals surface area contributed by atoms with E-state index in [0.717, 1.165) is 16.7 Å². The molecule has 2 heterocycles. The van der Waals surface area contributed by atoms with Crippen molar-refractivity contribution < 1.29 is 9.59 Å². The number of carbonyl (C=O) groups is 2. The summed E-state index contributed by atoms with van der Waals surface area (Å²) in [5.74, 6) is 0.0921. The average molecular weight is 381 g/mol. The normalized spacial score (nSPS) is 15.3. The fraction of sp³-hybridized carbons (Fsp3) is 0.150. The zero-order chi connectivity index (χ0) is 19.0. The molecule has 1 aliphatic heterocycles. The number of nitrogens with zero attached hydrogens (tertiary/aromatic N) is 2. The molecule has 3 aromatic rings. The Kier molecular flexibility index (Phi) is 4.41. The van der Waals surface area contributed by atoms with Gasteiger partial charge >= 0.3 is 0 Å². The summed E-state index contributed by atoms with van der Waals surface area (Å²) < 4.78 is 1.58. The molecule has 1 atom stereocenters. The van der Waals surface area contributed by atoms with E-state index in [1.54, 1.807) is 23.0 Å². The molecule has 0 spiro atoms. The van der Waals surface area contributed by atoms with Crippen molar-refractivity contribution in [3.8, 4) is 11.1 Å². The van der Waals surface area contributed by atoms with Crippen molar-refractivity contribution >= 4 is 34.9 Å². The summed E-state index contributed by atoms with van der Waals surface area (Å²) in [5.41, 5.74) is 3.31. The van der Waals surface area contributed by atoms with Gasteiger partial charge in [-0.1, -0.05) is 48.0 Å². The third-order valence-electron chi connectivity index (χ3n) is 4.55. The Morgan fingerprint density at radius 3 is 2.78 bits per heavy atom. The highest BCUT2D eigenvalue weighted by atomic mass is 35.5. The highest BCUT2D eigenvalue weighted by Crippen LogP contribution is 2.35. The number of aromatic nitrogens is 2. The third-order valence-corrected chi connectivity index (χ3v) is 4.96. The van der Waals surface area contributed by atoms with Gasteiger partial charge in [-0.25, -0.2) is 4.68 Å². The molecule has 0 radical (unpaired) electrons. The number of anilines is 2. The zero-order valence-electron chi connectivity index (χ0n) is 14.6. The summed E-state index contributed by atoms with van der Waals surface area (Å²) in [6.45, 7) is 1.89. The van der Waals surface area contributed by atoms with Gasteiger partial charge < -0.3 is 10.6 Å². The van der Waals surface area contributed by atoms with Crippen LogP contribution in [-0.4, -0.2) is 21.6 Å². The van der Waals surface area contributed by atoms with Gasteiger partial charge in [-0.05, 0) is 30.2 Å². The smallest absolute Gasteiger partial charge is 0.251 e. The summed E-state index contributed by atoms with van der Waals surface area (Å²) in [4.78, 5) is 24.8. The van der Waals surface area contributed by atoms with Crippen LogP contribution in [0.25, 0.3) is 11.1 Å². The molecular formula is C20H17ClN4O2. The molecule has 4 rings (SSSR count). The first kappa shape index (κ1) is 17.3. The number of amides is 2. The second-order valence-corrected chi connectivity index (χ2v) is 6.85. The lowest BCUT2D eigenvalue weighted by Gasteiger charge is -2.10. The van der Waals surface area contributed by atoms with E-state index < -0.39 is 6.04 Å². The van der Waals surface area contributed by atoms with Crippen LogP contribution in [0.4, 0.5) is 11.5 Å². The highest BCUT2D eigenvalue weighted by molar-refractivity contribution is 6.31. The number of benzene rings is 2. The Bertz CT molecular complexity index is 1030. The van der Waals surface area contributed by atoms with Gasteiger partial charge in [0.1, 0.15) is 11.9 Å². The number of nitrogens with one attached hydrogen (secondary N) is 2. The average Bonchev–Trinajstić information content (AvgIpc) is 3.19. The first-order valence-corrected chi connectivity index (χ1v) is 8.90. The summed E-state index contributed by atoms with van der Waals surface area (Å²) >= 11 is 6.09. The van der Waals surface area contributed by atoms with Crippen molar-refractivity contribution in [1.29, 1.82) is 0 Å². The van der Waals surface area contributed by atoms with Crippen LogP contribution in [-0.2, 0) is 9.59 Å². The molecule has 2 N–H and O–H groups in total. The monoisotopic (exact) mass is 380 g/mol. The lowest BCUT2D eigenvalue weighted by Crippen LogP contribution is -2.23. The minimum absolute atomic E-state index is 0.0137. The van der Waals surface area contributed by atoms with Gasteiger partial charge in [-0.2, -0.15) is 5.10 Å². The van der Waals surface area contributed by atoms with Crippen LogP contribution in [0, 0.1) is 6.92 Å². The molecule has 0 bridgehead atoms. The minimum atomic E-state index is -0.682. The maximum atomic E-state index is 12.4. The van der Waals surface area contributed by atoms with Crippen molar-refractivity contribution in [2.45, 2.75) is 19.4 Å². The Balaban J connectivity index is 1.52. The Hall–Kier alpha value is -3.12. The second kappa shape index (κ2) is 6.89. The summed E-state index contributed by atoms with van der Waals surface area (Å²) in [5, 5.41) is 10.5. The number of aryl methyl sites for hydroxylation is 1. The maximum Gasteiger partial charge on any atom is 0.251 e. The van der Waals surface area contributed by atoms with Gasteiger partial charge in [-0.15, -0.1) is 0 Å². The van der Waals surface area contributed by atoms with E-state index in [1.165, 1.54) is 0 Å². The molecule has 1 aliphatic rings. The zero-order valence-corrected chi connectivity index (χ0v) is 15.3. The molecule has 2 aromatic carbocycles. The molecule has 1 unspecified atom stereocenters. The van der Waals surface area contributed by atoms with E-state index >= 15 is 0 Å². The Morgan fingerprint density at radius 1 is 1.26 bits per heavy atom. The molecule has 1 aromatic heterocycles. The fourth-order valence-electron chi connectivity index (χ4n) is 3.10. The van der Waals surface area contributed by atoms with Crippen molar-refractivity contribution in [1.82, 2.24) is 9.78 Å². The molecule has 0 saturated heterocycles. The van der Waals surface area contributed by atoms with Gasteiger partial charge in [0, 0.05) is 16.3 Å². The summed E-state index contributed by atoms with van der Waals surface area (Å²) in [6, 6.07) is 14.3. The first-order chi connectivity index (χ1) is 13.0. The highest BCUT2D eigenvalue weighted by Gasteiger charge is 2.35. The lowest BCUT2D eigenvalue weighted by atomic mass is 10.1. The van der Waals surface area contributed by atoms with Crippen molar-refractivity contribution in [3.63, 3.8) is 0 Å². The van der Waals surface area contributed by atoms with E-state index in [-0.39, 0.29) is 18.2 Å². The number of hydrogen-bond donors (Lipinski definition) is 2. The van der Waals surface area contributed by atoms with E-state index in [1.807, 2.05) is 43.3 Å². The van der Waals surface area contributed by atoms with Gasteiger partial charge in [0.05, 0.1) is 12.6 Å². The van der Waals surface area contributed by atoms with E-state index in [2.05, 4.69) is 15.7 Å². The second-order valence-electron chi connectivity index (χ2n) is 6.44. The van der Waals surface area contributed by atoms with Crippen molar-refractivity contribution in [3.05, 3.63) is 65.3 Å². The summed E-state index contributed by atoms with van der Waals surface area (Å²) in [6.07, 6.45) is 1.69. The largest absolute Gasteiger partial charge is 0.326 e. The predicted octanol–water partition coefficient (Wildman–Crippen LogP) is 4.03. The molecule has 136 valence electrons. The molecule has 0 fully saturated rings. The topological polar surface area (TPSA) is 76.0 Å². The van der Waals surface area contributed by atoms with Crippen LogP contribution in [0.15, 0.2) is 54.7 Å². The van der Waals surface area contributed by atoms with Crippen LogP contribution in [0.3, 0.4) is 0 Å². The molecule has 0 saturated carbocycles. The molecule has 2 amide bonds. The van der Waals surface area contributed by atoms with Crippen LogP contribution in [0.5, 0.6) is 0 Å². The van der Waals surface area contributed by atoms with Gasteiger partial charge in [0.25, 0.3) is 5.91 Å². The Labute approximate surface area is 161 Å². The van der Waals surface area contributed by atoms with Crippen molar-refractivity contribution in [2.24, 2.45) is 0 Å². The Morgan fingerprint density at radius 2 is 2.04 bits per heavy atom. The van der Waals surface area contributed by atoms with Crippen molar-refractivity contribution in [2.75, 3.05) is 10.6 Å². The minimum Gasteiger partial charge on any atom is -0.326 e. The van der Waals surface area contributed by atoms with E-state index in [9.17, 15) is 9.59 Å². The first-order valence-electron chi connectivity index (χ1n) is 8.53. The van der Waals surface area contributed by atoms with Crippen LogP contribution in [0.2, 0.25) is 5.02 Å². The predicted molar refractivity (Wildman–Crippen MR) is 105 cm³/mol. The number of hydrogen-bond acceptors (Lipinski definition) is 3. The molecule has 7 heteroatoms. The van der Waals surface area contributed by atoms with Gasteiger partial charge in [0.2, 0.25) is 5.91 Å². The van der Waals surface area contributed by atoms with Crippen LogP contribution >= 0.6 is 11.6 Å². The molecule has 0 aliphatic carbocycles. The third kappa shape index (κ3) is 3.31. The fourth-order valence-corrected chi connectivity index (χ4v) is 3.28. The lowest BCUT2D eigenvalue weighted by molar-refractivity contribution is -0.123. The van der Waals surface area contributed by atoms with E-state index in [0.29, 0.717) is 16.5 Å². The summed E-state index contributed by atoms with van der Waals surface area (Å²) in [7, 11) is 0. The molecule has 27 heavy (non-hydrogen) atoms. The number of fused-ring (bicyclic) bond motifs is 1.